The molecule has 0 unspecified atom stereocenters. The summed E-state index contributed by atoms with van der Waals surface area (Å²) in [4.78, 5) is 22.7. The topological polar surface area (TPSA) is 37.4 Å². The van der Waals surface area contributed by atoms with Gasteiger partial charge in [-0.25, -0.2) is 0 Å². The van der Waals surface area contributed by atoms with Crippen molar-refractivity contribution in [2.24, 2.45) is 0 Å². The van der Waals surface area contributed by atoms with Crippen molar-refractivity contribution in [2.45, 2.75) is 31.0 Å². The number of ketones is 1. The number of alkyl halides is 6. The van der Waals surface area contributed by atoms with E-state index in [0.717, 1.165) is 0 Å². The number of halogens is 6. The summed E-state index contributed by atoms with van der Waals surface area (Å²) in [7, 11) is 0. The molecular formula is C9H9ClF5NO2. The monoisotopic (exact) mass is 293 g/mol. The second kappa shape index (κ2) is 4.99. The average molecular weight is 294 g/mol. The molecule has 1 saturated heterocycles. The molecule has 0 bridgehead atoms. The maximum atomic E-state index is 12.9. The Morgan fingerprint density at radius 2 is 1.78 bits per heavy atom. The molecule has 0 aromatic rings. The van der Waals surface area contributed by atoms with E-state index in [-0.39, 0.29) is 24.3 Å². The summed E-state index contributed by atoms with van der Waals surface area (Å²) < 4.78 is 61.8. The van der Waals surface area contributed by atoms with Crippen molar-refractivity contribution >= 4 is 23.3 Å². The Morgan fingerprint density at radius 1 is 1.22 bits per heavy atom. The summed E-state index contributed by atoms with van der Waals surface area (Å²) in [6.07, 6.45) is -5.74. The molecule has 0 aromatic carbocycles. The van der Waals surface area contributed by atoms with Crippen molar-refractivity contribution in [3.05, 3.63) is 0 Å². The zero-order chi connectivity index (χ0) is 14.1. The summed E-state index contributed by atoms with van der Waals surface area (Å²) in [5, 5.41) is 0. The Labute approximate surface area is 104 Å². The first-order chi connectivity index (χ1) is 8.13. The van der Waals surface area contributed by atoms with Crippen LogP contribution in [0, 0.1) is 0 Å². The molecule has 1 rings (SSSR count). The maximum Gasteiger partial charge on any atom is 0.463 e. The molecule has 3 nitrogen and oxygen atoms in total. The first kappa shape index (κ1) is 15.1. The molecule has 0 radical (unpaired) electrons. The van der Waals surface area contributed by atoms with Gasteiger partial charge in [-0.1, -0.05) is 0 Å². The number of hydrogen-bond donors (Lipinski definition) is 0. The Morgan fingerprint density at radius 3 is 2.22 bits per heavy atom. The lowest BCUT2D eigenvalue weighted by atomic mass is 10.1. The normalized spacial score (nSPS) is 21.2. The van der Waals surface area contributed by atoms with Gasteiger partial charge in [-0.3, -0.25) is 9.59 Å². The Hall–Kier alpha value is -0.920. The van der Waals surface area contributed by atoms with Crippen molar-refractivity contribution in [2.75, 3.05) is 12.4 Å². The van der Waals surface area contributed by atoms with E-state index in [4.69, 9.17) is 11.6 Å². The zero-order valence-corrected chi connectivity index (χ0v) is 9.69. The molecule has 0 N–H and O–H groups in total. The zero-order valence-electron chi connectivity index (χ0n) is 8.94. The van der Waals surface area contributed by atoms with E-state index >= 15 is 0 Å². The molecule has 0 saturated carbocycles. The molecule has 0 spiro atoms. The van der Waals surface area contributed by atoms with Gasteiger partial charge < -0.3 is 4.90 Å². The van der Waals surface area contributed by atoms with Crippen LogP contribution in [0.1, 0.15) is 12.8 Å². The first-order valence-electron chi connectivity index (χ1n) is 4.97. The van der Waals surface area contributed by atoms with Gasteiger partial charge in [0.05, 0.1) is 11.9 Å². The van der Waals surface area contributed by atoms with Crippen LogP contribution in [-0.2, 0) is 9.59 Å². The number of carbonyl (C=O) groups is 2. The third-order valence-electron chi connectivity index (χ3n) is 2.64. The molecule has 1 aliphatic heterocycles. The van der Waals surface area contributed by atoms with E-state index in [1.54, 1.807) is 0 Å². The minimum Gasteiger partial charge on any atom is -0.327 e. The number of nitrogens with zero attached hydrogens (tertiary/aromatic N) is 1. The quantitative estimate of drug-likeness (QED) is 0.589. The predicted molar refractivity (Wildman–Crippen MR) is 51.5 cm³/mol. The lowest BCUT2D eigenvalue weighted by Gasteiger charge is -2.28. The van der Waals surface area contributed by atoms with Gasteiger partial charge in [-0.05, 0) is 12.8 Å². The third-order valence-corrected chi connectivity index (χ3v) is 2.91. The lowest BCUT2D eigenvalue weighted by Crippen LogP contribution is -2.54. The van der Waals surface area contributed by atoms with Crippen molar-refractivity contribution in [3.63, 3.8) is 0 Å². The Bertz CT molecular complexity index is 357. The molecule has 0 aromatic heterocycles. The van der Waals surface area contributed by atoms with Crippen molar-refractivity contribution in [1.82, 2.24) is 4.90 Å². The first-order valence-corrected chi connectivity index (χ1v) is 5.50. The molecule has 9 heteroatoms. The minimum atomic E-state index is -5.97. The molecular weight excluding hydrogens is 285 g/mol. The van der Waals surface area contributed by atoms with Crippen molar-refractivity contribution in [1.29, 1.82) is 0 Å². The minimum absolute atomic E-state index is 0.0469. The Balaban J connectivity index is 2.93. The molecule has 18 heavy (non-hydrogen) atoms. The van der Waals surface area contributed by atoms with E-state index in [1.165, 1.54) is 0 Å². The lowest BCUT2D eigenvalue weighted by molar-refractivity contribution is -0.274. The van der Waals surface area contributed by atoms with Gasteiger partial charge >= 0.3 is 18.0 Å². The summed E-state index contributed by atoms with van der Waals surface area (Å²) in [5.41, 5.74) is 0. The van der Waals surface area contributed by atoms with Gasteiger partial charge in [-0.2, -0.15) is 22.0 Å². The van der Waals surface area contributed by atoms with Gasteiger partial charge in [0.25, 0.3) is 0 Å². The number of likely N-dealkylation sites (tertiary alicyclic amines) is 1. The van der Waals surface area contributed by atoms with Crippen LogP contribution < -0.4 is 0 Å². The highest BCUT2D eigenvalue weighted by Crippen LogP contribution is 2.38. The van der Waals surface area contributed by atoms with Crippen LogP contribution in [0.2, 0.25) is 0 Å². The van der Waals surface area contributed by atoms with Crippen LogP contribution in [0.25, 0.3) is 0 Å². The van der Waals surface area contributed by atoms with E-state index in [1.807, 2.05) is 0 Å². The van der Waals surface area contributed by atoms with Crippen LogP contribution in [0.3, 0.4) is 0 Å². The van der Waals surface area contributed by atoms with Gasteiger partial charge in [-0.15, -0.1) is 11.6 Å². The van der Waals surface area contributed by atoms with Crippen LogP contribution in [-0.4, -0.2) is 47.2 Å². The van der Waals surface area contributed by atoms with Crippen molar-refractivity contribution in [3.8, 4) is 0 Å². The molecule has 1 atom stereocenters. The molecule has 104 valence electrons. The third kappa shape index (κ3) is 2.57. The molecule has 0 aliphatic carbocycles. The van der Waals surface area contributed by atoms with Gasteiger partial charge in [0, 0.05) is 6.54 Å². The number of hydrogen-bond acceptors (Lipinski definition) is 2. The number of amides is 1. The molecule has 1 fully saturated rings. The standard InChI is InChI=1S/C9H9ClF5NO2/c10-4-6(17)5-2-1-3-16(5)7(18)8(11,12)9(13,14)15/h5H,1-4H2/t5-/m0/s1. The van der Waals surface area contributed by atoms with Crippen LogP contribution in [0.15, 0.2) is 0 Å². The van der Waals surface area contributed by atoms with E-state index in [2.05, 4.69) is 0 Å². The number of carbonyl (C=O) groups excluding carboxylic acids is 2. The fourth-order valence-corrected chi connectivity index (χ4v) is 1.91. The largest absolute Gasteiger partial charge is 0.463 e. The molecule has 1 heterocycles. The van der Waals surface area contributed by atoms with Gasteiger partial charge in [0.15, 0.2) is 5.78 Å². The SMILES string of the molecule is O=C(CCl)[C@@H]1CCCN1C(=O)C(F)(F)C(F)(F)F. The van der Waals surface area contributed by atoms with Crippen LogP contribution >= 0.6 is 11.6 Å². The smallest absolute Gasteiger partial charge is 0.327 e. The Kier molecular flexibility index (Phi) is 4.19. The summed E-state index contributed by atoms with van der Waals surface area (Å²) in [5.74, 6) is -9.15. The van der Waals surface area contributed by atoms with E-state index < -0.39 is 35.7 Å². The fraction of sp³-hybridized carbons (Fsp3) is 0.778. The second-order valence-electron chi connectivity index (χ2n) is 3.83. The fourth-order valence-electron chi connectivity index (χ4n) is 1.74. The number of Topliss-reactive ketones (excluding diaryl/α,β-unsaturated/α-hetero) is 1. The van der Waals surface area contributed by atoms with Gasteiger partial charge in [0.1, 0.15) is 0 Å². The van der Waals surface area contributed by atoms with Crippen molar-refractivity contribution < 1.29 is 31.5 Å². The summed E-state index contributed by atoms with van der Waals surface area (Å²) in [6, 6.07) is -1.29. The van der Waals surface area contributed by atoms with Gasteiger partial charge in [0.2, 0.25) is 0 Å². The molecule has 1 aliphatic rings. The number of rotatable bonds is 3. The second-order valence-corrected chi connectivity index (χ2v) is 4.10. The highest BCUT2D eigenvalue weighted by atomic mass is 35.5. The van der Waals surface area contributed by atoms with Crippen LogP contribution in [0.4, 0.5) is 22.0 Å². The maximum absolute atomic E-state index is 12.9. The molecule has 1 amide bonds. The van der Waals surface area contributed by atoms with Crippen LogP contribution in [0.5, 0.6) is 0 Å². The highest BCUT2D eigenvalue weighted by Gasteiger charge is 2.65. The highest BCUT2D eigenvalue weighted by molar-refractivity contribution is 6.28. The average Bonchev–Trinajstić information content (AvgIpc) is 2.73. The summed E-state index contributed by atoms with van der Waals surface area (Å²) >= 11 is 5.21. The predicted octanol–water partition coefficient (Wildman–Crippen LogP) is 1.98. The van der Waals surface area contributed by atoms with E-state index in [9.17, 15) is 31.5 Å². The van der Waals surface area contributed by atoms with E-state index in [0.29, 0.717) is 0 Å². The summed E-state index contributed by atoms with van der Waals surface area (Å²) in [6.45, 7) is -0.308.